The van der Waals surface area contributed by atoms with Gasteiger partial charge in [-0.3, -0.25) is 9.89 Å². The quantitative estimate of drug-likeness (QED) is 0.819. The predicted octanol–water partition coefficient (Wildman–Crippen LogP) is 1.82. The number of hydrogen-bond acceptors (Lipinski definition) is 3. The van der Waals surface area contributed by atoms with Gasteiger partial charge in [0.05, 0.1) is 0 Å². The number of H-pyrrole nitrogens is 1. The highest BCUT2D eigenvalue weighted by atomic mass is 16.2. The number of amides is 1. The monoisotopic (exact) mass is 236 g/mol. The highest BCUT2D eigenvalue weighted by molar-refractivity contribution is 5.91. The summed E-state index contributed by atoms with van der Waals surface area (Å²) in [6.07, 6.45) is 6.14. The third kappa shape index (κ3) is 2.48. The molecule has 0 spiro atoms. The maximum Gasteiger partial charge on any atom is 0.291 e. The largest absolute Gasteiger partial charge is 0.344 e. The lowest BCUT2D eigenvalue weighted by atomic mass is 9.75. The molecule has 17 heavy (non-hydrogen) atoms. The fraction of sp³-hybridized carbons (Fsp3) is 0.750. The van der Waals surface area contributed by atoms with E-state index in [-0.39, 0.29) is 17.3 Å². The van der Waals surface area contributed by atoms with E-state index < -0.39 is 0 Å². The number of aromatic amines is 1. The lowest BCUT2D eigenvalue weighted by molar-refractivity contribution is 0.0810. The van der Waals surface area contributed by atoms with Crippen molar-refractivity contribution in [2.45, 2.75) is 57.9 Å². The summed E-state index contributed by atoms with van der Waals surface area (Å²) < 4.78 is 0. The van der Waals surface area contributed by atoms with E-state index in [1.165, 1.54) is 6.42 Å². The van der Waals surface area contributed by atoms with Gasteiger partial charge in [-0.25, -0.2) is 4.98 Å². The summed E-state index contributed by atoms with van der Waals surface area (Å²) in [7, 11) is 0. The van der Waals surface area contributed by atoms with Crippen LogP contribution >= 0.6 is 0 Å². The van der Waals surface area contributed by atoms with Crippen LogP contribution in [-0.2, 0) is 6.42 Å². The molecule has 0 unspecified atom stereocenters. The van der Waals surface area contributed by atoms with E-state index in [0.29, 0.717) is 0 Å². The molecule has 1 aromatic rings. The third-order valence-corrected chi connectivity index (χ3v) is 3.59. The standard InChI is InChI=1S/C12H20N4O/c1-3-6-9-13-10(16-15-9)11(17)14-12(4-2)7-5-8-12/h3-8H2,1-2H3,(H,14,17)(H,13,15,16). The van der Waals surface area contributed by atoms with Gasteiger partial charge in [-0.05, 0) is 32.1 Å². The molecule has 5 nitrogen and oxygen atoms in total. The third-order valence-electron chi connectivity index (χ3n) is 3.59. The van der Waals surface area contributed by atoms with Crippen molar-refractivity contribution in [3.63, 3.8) is 0 Å². The van der Waals surface area contributed by atoms with Crippen molar-refractivity contribution in [1.29, 1.82) is 0 Å². The number of rotatable bonds is 5. The zero-order chi connectivity index (χ0) is 12.3. The second-order valence-electron chi connectivity index (χ2n) is 4.80. The van der Waals surface area contributed by atoms with Crippen LogP contribution in [0.1, 0.15) is 62.4 Å². The first-order valence-corrected chi connectivity index (χ1v) is 6.43. The van der Waals surface area contributed by atoms with Crippen molar-refractivity contribution < 1.29 is 4.79 Å². The molecule has 0 atom stereocenters. The van der Waals surface area contributed by atoms with Crippen molar-refractivity contribution >= 4 is 5.91 Å². The maximum absolute atomic E-state index is 12.0. The lowest BCUT2D eigenvalue weighted by Gasteiger charge is -2.41. The van der Waals surface area contributed by atoms with Crippen molar-refractivity contribution in [3.8, 4) is 0 Å². The Morgan fingerprint density at radius 1 is 1.47 bits per heavy atom. The molecule has 1 amide bonds. The summed E-state index contributed by atoms with van der Waals surface area (Å²) in [6, 6.07) is 0. The van der Waals surface area contributed by atoms with Crippen LogP contribution in [0.15, 0.2) is 0 Å². The van der Waals surface area contributed by atoms with Gasteiger partial charge in [-0.15, -0.1) is 5.10 Å². The van der Waals surface area contributed by atoms with E-state index in [0.717, 1.165) is 37.9 Å². The van der Waals surface area contributed by atoms with Gasteiger partial charge in [0.15, 0.2) is 0 Å². The van der Waals surface area contributed by atoms with Crippen LogP contribution in [0.2, 0.25) is 0 Å². The second-order valence-corrected chi connectivity index (χ2v) is 4.80. The van der Waals surface area contributed by atoms with Crippen LogP contribution in [0.5, 0.6) is 0 Å². The van der Waals surface area contributed by atoms with E-state index in [1.54, 1.807) is 0 Å². The molecule has 94 valence electrons. The van der Waals surface area contributed by atoms with Crippen LogP contribution in [0.3, 0.4) is 0 Å². The van der Waals surface area contributed by atoms with Gasteiger partial charge in [0.2, 0.25) is 5.82 Å². The van der Waals surface area contributed by atoms with Gasteiger partial charge in [0.25, 0.3) is 5.91 Å². The van der Waals surface area contributed by atoms with Gasteiger partial charge in [-0.1, -0.05) is 13.8 Å². The Morgan fingerprint density at radius 2 is 2.24 bits per heavy atom. The van der Waals surface area contributed by atoms with Crippen LogP contribution in [0.25, 0.3) is 0 Å². The molecule has 1 aliphatic rings. The Kier molecular flexibility index (Phi) is 3.45. The van der Waals surface area contributed by atoms with Crippen molar-refractivity contribution in [3.05, 3.63) is 11.6 Å². The Labute approximate surface area is 101 Å². The summed E-state index contributed by atoms with van der Waals surface area (Å²) in [6.45, 7) is 4.18. The van der Waals surface area contributed by atoms with E-state index in [1.807, 2.05) is 0 Å². The first-order valence-electron chi connectivity index (χ1n) is 6.43. The lowest BCUT2D eigenvalue weighted by Crippen LogP contribution is -2.53. The van der Waals surface area contributed by atoms with Gasteiger partial charge >= 0.3 is 0 Å². The maximum atomic E-state index is 12.0. The predicted molar refractivity (Wildman–Crippen MR) is 64.7 cm³/mol. The molecule has 1 saturated carbocycles. The van der Waals surface area contributed by atoms with E-state index in [9.17, 15) is 4.79 Å². The molecular formula is C12H20N4O. The molecule has 1 heterocycles. The van der Waals surface area contributed by atoms with Crippen molar-refractivity contribution in [1.82, 2.24) is 20.5 Å². The minimum atomic E-state index is -0.148. The van der Waals surface area contributed by atoms with Crippen molar-refractivity contribution in [2.75, 3.05) is 0 Å². The highest BCUT2D eigenvalue weighted by Gasteiger charge is 2.37. The number of hydrogen-bond donors (Lipinski definition) is 2. The summed E-state index contributed by atoms with van der Waals surface area (Å²) >= 11 is 0. The first kappa shape index (κ1) is 12.1. The molecule has 2 N–H and O–H groups in total. The number of carbonyl (C=O) groups excluding carboxylic acids is 1. The fourth-order valence-corrected chi connectivity index (χ4v) is 2.21. The van der Waals surface area contributed by atoms with Gasteiger partial charge < -0.3 is 5.32 Å². The number of nitrogens with zero attached hydrogens (tertiary/aromatic N) is 2. The Balaban J connectivity index is 1.99. The van der Waals surface area contributed by atoms with E-state index in [2.05, 4.69) is 34.3 Å². The van der Waals surface area contributed by atoms with Gasteiger partial charge in [-0.2, -0.15) is 0 Å². The zero-order valence-electron chi connectivity index (χ0n) is 10.5. The van der Waals surface area contributed by atoms with E-state index >= 15 is 0 Å². The van der Waals surface area contributed by atoms with Crippen LogP contribution < -0.4 is 5.32 Å². The molecule has 1 aromatic heterocycles. The minimum Gasteiger partial charge on any atom is -0.344 e. The molecule has 0 radical (unpaired) electrons. The average Bonchev–Trinajstić information content (AvgIpc) is 2.72. The summed E-state index contributed by atoms with van der Waals surface area (Å²) in [5, 5.41) is 9.84. The summed E-state index contributed by atoms with van der Waals surface area (Å²) in [5.41, 5.74) is 0.00261. The normalized spacial score (nSPS) is 17.5. The first-order chi connectivity index (χ1) is 8.19. The van der Waals surface area contributed by atoms with Gasteiger partial charge in [0.1, 0.15) is 5.82 Å². The Hall–Kier alpha value is -1.39. The Bertz CT molecular complexity index is 389. The number of nitrogens with one attached hydrogen (secondary N) is 2. The summed E-state index contributed by atoms with van der Waals surface area (Å²) in [4.78, 5) is 16.2. The molecule has 2 rings (SSSR count). The van der Waals surface area contributed by atoms with Crippen LogP contribution in [0, 0.1) is 0 Å². The zero-order valence-corrected chi connectivity index (χ0v) is 10.5. The molecular weight excluding hydrogens is 216 g/mol. The highest BCUT2D eigenvalue weighted by Crippen LogP contribution is 2.34. The fourth-order valence-electron chi connectivity index (χ4n) is 2.21. The topological polar surface area (TPSA) is 70.7 Å². The minimum absolute atomic E-state index is 0.00261. The number of carbonyl (C=O) groups is 1. The molecule has 0 aromatic carbocycles. The smallest absolute Gasteiger partial charge is 0.291 e. The average molecular weight is 236 g/mol. The number of aromatic nitrogens is 3. The summed E-state index contributed by atoms with van der Waals surface area (Å²) in [5.74, 6) is 0.912. The van der Waals surface area contributed by atoms with Crippen LogP contribution in [0.4, 0.5) is 0 Å². The Morgan fingerprint density at radius 3 is 2.76 bits per heavy atom. The van der Waals surface area contributed by atoms with Crippen LogP contribution in [-0.4, -0.2) is 26.6 Å². The van der Waals surface area contributed by atoms with Gasteiger partial charge in [0, 0.05) is 12.0 Å². The SMILES string of the molecule is CCCc1nc(C(=O)NC2(CC)CCC2)n[nH]1. The molecule has 0 saturated heterocycles. The number of aryl methyl sites for hydroxylation is 1. The van der Waals surface area contributed by atoms with Crippen molar-refractivity contribution in [2.24, 2.45) is 0 Å². The molecule has 0 aliphatic heterocycles. The molecule has 1 aliphatic carbocycles. The molecule has 0 bridgehead atoms. The second kappa shape index (κ2) is 4.85. The molecule has 1 fully saturated rings. The molecule has 5 heteroatoms. The van der Waals surface area contributed by atoms with E-state index in [4.69, 9.17) is 0 Å².